The molecule has 0 saturated carbocycles. The molecule has 22 heteroatoms. The predicted octanol–water partition coefficient (Wildman–Crippen LogP) is 3.78. The Labute approximate surface area is 448 Å². The summed E-state index contributed by atoms with van der Waals surface area (Å²) in [4.78, 5) is 81.0. The molecule has 424 valence electrons. The number of aromatic nitrogens is 4. The van der Waals surface area contributed by atoms with Crippen molar-refractivity contribution in [1.29, 1.82) is 0 Å². The molecule has 0 fully saturated rings. The van der Waals surface area contributed by atoms with Crippen LogP contribution in [0.25, 0.3) is 22.3 Å². The van der Waals surface area contributed by atoms with Crippen molar-refractivity contribution in [2.75, 3.05) is 119 Å². The lowest BCUT2D eigenvalue weighted by Crippen LogP contribution is -2.55. The van der Waals surface area contributed by atoms with Crippen LogP contribution in [-0.4, -0.2) is 186 Å². The van der Waals surface area contributed by atoms with Gasteiger partial charge in [-0.1, -0.05) is 48.5 Å². The largest absolute Gasteiger partial charge is 0.379 e. The van der Waals surface area contributed by atoms with Crippen LogP contribution in [0.4, 0.5) is 0 Å². The highest BCUT2D eigenvalue weighted by molar-refractivity contribution is 5.97. The number of hydrogen-bond donors (Lipinski definition) is 5. The molecule has 3 atom stereocenters. The molecule has 22 nitrogen and oxygen atoms in total. The Balaban J connectivity index is 1.09. The minimum atomic E-state index is -0.917. The summed E-state index contributed by atoms with van der Waals surface area (Å²) in [6.45, 7) is 25.4. The molecule has 5 amide bonds. The van der Waals surface area contributed by atoms with Gasteiger partial charge in [-0.15, -0.1) is 0 Å². The number of amides is 5. The molecule has 3 rings (SSSR count). The SMILES string of the molecule is CC(C)c1ncc(-c2cc(C(=O)NCCOCCOCCOCCOCCOCCOCCOCCOCCC(=O)N[C@@H](C)C(=O)N[C@@H](C)C(=O)N[C@@H](C)C(=O)NCC(C)(C)C)cc(-c3cnc(C(C)C)nc3)c2)cn1. The van der Waals surface area contributed by atoms with E-state index in [0.717, 1.165) is 33.9 Å². The standard InChI is InChI=1S/C54H85N9O13/c1-37(2)48-56-32-45(33-57-48)42-29-43(46-34-58-49(38(3)4)59-35-46)31-44(30-42)53(68)55-12-14-70-16-18-72-20-22-74-24-26-76-28-27-75-25-23-73-21-19-71-17-15-69-13-11-47(64)61-40(6)51(66)63-41(7)52(67)62-39(5)50(65)60-36-54(8,9)10/h29-35,37-41H,11-28,36H2,1-10H3,(H,55,68)(H,60,65)(H,61,64)(H,62,67)(H,63,66)/t39-,40-,41-/m0/s1. The van der Waals surface area contributed by atoms with Crippen LogP contribution in [0.5, 0.6) is 0 Å². The summed E-state index contributed by atoms with van der Waals surface area (Å²) in [6.07, 6.45) is 7.17. The Morgan fingerprint density at radius 3 is 1.14 bits per heavy atom. The van der Waals surface area contributed by atoms with E-state index < -0.39 is 29.9 Å². The maximum absolute atomic E-state index is 13.3. The maximum atomic E-state index is 13.3. The lowest BCUT2D eigenvalue weighted by Gasteiger charge is -2.22. The zero-order valence-electron chi connectivity index (χ0n) is 46.5. The molecule has 0 saturated heterocycles. The first kappa shape index (κ1) is 64.7. The topological polar surface area (TPSA) is 271 Å². The Bertz CT molecular complexity index is 2090. The van der Waals surface area contributed by atoms with Gasteiger partial charge in [0.05, 0.1) is 106 Å². The van der Waals surface area contributed by atoms with Crippen LogP contribution in [0, 0.1) is 5.41 Å². The summed E-state index contributed by atoms with van der Waals surface area (Å²) in [5, 5.41) is 13.4. The van der Waals surface area contributed by atoms with Crippen molar-refractivity contribution in [1.82, 2.24) is 46.5 Å². The van der Waals surface area contributed by atoms with E-state index in [9.17, 15) is 24.0 Å². The van der Waals surface area contributed by atoms with Gasteiger partial charge in [0.15, 0.2) is 0 Å². The summed E-state index contributed by atoms with van der Waals surface area (Å²) in [6, 6.07) is 3.07. The number of carbonyl (C=O) groups is 5. The molecule has 0 aliphatic heterocycles. The maximum Gasteiger partial charge on any atom is 0.251 e. The van der Waals surface area contributed by atoms with E-state index in [4.69, 9.17) is 37.9 Å². The average molecular weight is 1070 g/mol. The number of ether oxygens (including phenoxy) is 8. The first-order valence-corrected chi connectivity index (χ1v) is 26.2. The third-order valence-corrected chi connectivity index (χ3v) is 10.9. The number of nitrogens with one attached hydrogen (secondary N) is 5. The van der Waals surface area contributed by atoms with E-state index >= 15 is 0 Å². The molecule has 0 bridgehead atoms. The second-order valence-electron chi connectivity index (χ2n) is 19.7. The minimum Gasteiger partial charge on any atom is -0.379 e. The summed E-state index contributed by atoms with van der Waals surface area (Å²) >= 11 is 0. The fourth-order valence-electron chi connectivity index (χ4n) is 6.50. The quantitative estimate of drug-likeness (QED) is 0.0509. The molecule has 1 aromatic carbocycles. The van der Waals surface area contributed by atoms with E-state index in [-0.39, 0.29) is 54.6 Å². The summed E-state index contributed by atoms with van der Waals surface area (Å²) < 4.78 is 44.3. The number of nitrogens with zero attached hydrogens (tertiary/aromatic N) is 4. The van der Waals surface area contributed by atoms with Crippen molar-refractivity contribution >= 4 is 29.5 Å². The highest BCUT2D eigenvalue weighted by atomic mass is 16.6. The predicted molar refractivity (Wildman–Crippen MR) is 285 cm³/mol. The zero-order valence-corrected chi connectivity index (χ0v) is 46.5. The fourth-order valence-corrected chi connectivity index (χ4v) is 6.50. The Hall–Kier alpha value is -5.59. The van der Waals surface area contributed by atoms with Gasteiger partial charge in [0, 0.05) is 72.8 Å². The summed E-state index contributed by atoms with van der Waals surface area (Å²) in [5.74, 6) is -0.0866. The molecule has 0 aliphatic rings. The number of rotatable bonds is 39. The molecule has 3 aromatic rings. The summed E-state index contributed by atoms with van der Waals surface area (Å²) in [5.41, 5.74) is 3.61. The van der Waals surface area contributed by atoms with E-state index in [1.165, 1.54) is 13.8 Å². The van der Waals surface area contributed by atoms with Crippen molar-refractivity contribution in [2.24, 2.45) is 5.41 Å². The van der Waals surface area contributed by atoms with Gasteiger partial charge in [-0.05, 0) is 55.5 Å². The van der Waals surface area contributed by atoms with Gasteiger partial charge in [0.1, 0.15) is 29.8 Å². The molecular weight excluding hydrogens is 983 g/mol. The Morgan fingerprint density at radius 2 is 0.776 bits per heavy atom. The van der Waals surface area contributed by atoms with E-state index in [2.05, 4.69) is 46.5 Å². The van der Waals surface area contributed by atoms with Crippen LogP contribution < -0.4 is 26.6 Å². The van der Waals surface area contributed by atoms with E-state index in [1.807, 2.05) is 66.7 Å². The normalized spacial score (nSPS) is 12.8. The second kappa shape index (κ2) is 36.4. The number of benzene rings is 1. The van der Waals surface area contributed by atoms with Crippen LogP contribution in [0.2, 0.25) is 0 Å². The van der Waals surface area contributed by atoms with Crippen molar-refractivity contribution in [3.05, 3.63) is 60.2 Å². The molecule has 0 spiro atoms. The second-order valence-corrected chi connectivity index (χ2v) is 19.7. The zero-order chi connectivity index (χ0) is 55.7. The molecule has 76 heavy (non-hydrogen) atoms. The van der Waals surface area contributed by atoms with Gasteiger partial charge in [-0.3, -0.25) is 24.0 Å². The monoisotopic (exact) mass is 1070 g/mol. The van der Waals surface area contributed by atoms with Gasteiger partial charge < -0.3 is 64.5 Å². The van der Waals surface area contributed by atoms with E-state index in [1.54, 1.807) is 31.7 Å². The third-order valence-electron chi connectivity index (χ3n) is 10.9. The minimum absolute atomic E-state index is 0.0391. The molecule has 0 aliphatic carbocycles. The summed E-state index contributed by atoms with van der Waals surface area (Å²) in [7, 11) is 0. The lowest BCUT2D eigenvalue weighted by atomic mass is 9.97. The van der Waals surface area contributed by atoms with Crippen molar-refractivity contribution in [3.8, 4) is 22.3 Å². The highest BCUT2D eigenvalue weighted by Crippen LogP contribution is 2.28. The molecule has 5 N–H and O–H groups in total. The third kappa shape index (κ3) is 27.5. The van der Waals surface area contributed by atoms with Gasteiger partial charge in [-0.25, -0.2) is 19.9 Å². The molecule has 2 aromatic heterocycles. The van der Waals surface area contributed by atoms with Crippen molar-refractivity contribution in [2.45, 2.75) is 106 Å². The van der Waals surface area contributed by atoms with Crippen molar-refractivity contribution < 1.29 is 61.9 Å². The fraction of sp³-hybridized carbons (Fsp3) is 0.648. The Morgan fingerprint density at radius 1 is 0.434 bits per heavy atom. The van der Waals surface area contributed by atoms with Crippen LogP contribution >= 0.6 is 0 Å². The van der Waals surface area contributed by atoms with Crippen LogP contribution in [0.3, 0.4) is 0 Å². The van der Waals surface area contributed by atoms with Crippen LogP contribution in [0.15, 0.2) is 43.0 Å². The molecule has 2 heterocycles. The van der Waals surface area contributed by atoms with Crippen LogP contribution in [-0.2, 0) is 57.1 Å². The van der Waals surface area contributed by atoms with Gasteiger partial charge in [0.25, 0.3) is 5.91 Å². The highest BCUT2D eigenvalue weighted by Gasteiger charge is 2.24. The molecule has 0 radical (unpaired) electrons. The van der Waals surface area contributed by atoms with Crippen LogP contribution in [0.1, 0.15) is 110 Å². The van der Waals surface area contributed by atoms with E-state index in [0.29, 0.717) is 111 Å². The number of carbonyl (C=O) groups excluding carboxylic acids is 5. The first-order chi connectivity index (χ1) is 36.3. The van der Waals surface area contributed by atoms with Gasteiger partial charge in [0.2, 0.25) is 23.6 Å². The van der Waals surface area contributed by atoms with Gasteiger partial charge >= 0.3 is 0 Å². The average Bonchev–Trinajstić information content (AvgIpc) is 3.39. The van der Waals surface area contributed by atoms with Crippen molar-refractivity contribution in [3.63, 3.8) is 0 Å². The molecular formula is C54H85N9O13. The lowest BCUT2D eigenvalue weighted by molar-refractivity contribution is -0.133. The first-order valence-electron chi connectivity index (χ1n) is 26.2. The Kier molecular flexibility index (Phi) is 31.0. The molecule has 0 unspecified atom stereocenters. The van der Waals surface area contributed by atoms with Gasteiger partial charge in [-0.2, -0.15) is 0 Å². The number of hydrogen-bond acceptors (Lipinski definition) is 17. The smallest absolute Gasteiger partial charge is 0.251 e.